The molecule has 3 aromatic carbocycles. The van der Waals surface area contributed by atoms with E-state index in [0.29, 0.717) is 36.0 Å². The summed E-state index contributed by atoms with van der Waals surface area (Å²) in [4.78, 5) is 36.1. The molecule has 0 aliphatic carbocycles. The molecule has 0 saturated heterocycles. The first-order chi connectivity index (χ1) is 18.0. The summed E-state index contributed by atoms with van der Waals surface area (Å²) in [5.41, 5.74) is 4.89. The van der Waals surface area contributed by atoms with Crippen molar-refractivity contribution < 1.29 is 27.6 Å². The van der Waals surface area contributed by atoms with Gasteiger partial charge in [0.15, 0.2) is 0 Å². The minimum Gasteiger partial charge on any atom is -0.355 e. The van der Waals surface area contributed by atoms with Crippen LogP contribution in [0.3, 0.4) is 0 Å². The number of hydrogen-bond acceptors (Lipinski definition) is 3. The van der Waals surface area contributed by atoms with E-state index in [0.717, 1.165) is 34.4 Å². The minimum atomic E-state index is -4.50. The number of amides is 1. The number of nitrogens with one attached hydrogen (secondary N) is 1. The van der Waals surface area contributed by atoms with Crippen molar-refractivity contribution in [1.29, 1.82) is 0 Å². The molecular formula is C31H32F3NO3. The second kappa shape index (κ2) is 12.7. The van der Waals surface area contributed by atoms with Crippen LogP contribution in [0.25, 0.3) is 0 Å². The fourth-order valence-electron chi connectivity index (χ4n) is 4.40. The molecule has 7 heteroatoms. The van der Waals surface area contributed by atoms with E-state index in [9.17, 15) is 27.6 Å². The Kier molecular flexibility index (Phi) is 9.61. The number of benzene rings is 3. The number of rotatable bonds is 11. The monoisotopic (exact) mass is 523 g/mol. The summed E-state index contributed by atoms with van der Waals surface area (Å²) in [7, 11) is 1.59. The first-order valence-corrected chi connectivity index (χ1v) is 12.6. The highest BCUT2D eigenvalue weighted by molar-refractivity contribution is 5.94. The molecule has 0 aliphatic rings. The van der Waals surface area contributed by atoms with Gasteiger partial charge in [-0.2, -0.15) is 13.2 Å². The van der Waals surface area contributed by atoms with Crippen LogP contribution in [0.15, 0.2) is 60.7 Å². The molecule has 0 fully saturated rings. The standard InChI is InChI=1S/C31H32F3NO3/c1-20-15-22(8-11-25(20)16-23-5-4-6-26(17-23)30(38)35-3)9-14-29(37)19-27-18-28(31(32,33)34)13-12-24(27)10-7-21(2)36/h4-6,8,11-13,15,17-18H,7,9-10,14,16,19H2,1-3H3,(H,35,38). The van der Waals surface area contributed by atoms with Crippen LogP contribution in [0.4, 0.5) is 13.2 Å². The van der Waals surface area contributed by atoms with Crippen LogP contribution < -0.4 is 5.32 Å². The van der Waals surface area contributed by atoms with Crippen molar-refractivity contribution in [3.8, 4) is 0 Å². The average molecular weight is 524 g/mol. The van der Waals surface area contributed by atoms with Gasteiger partial charge >= 0.3 is 6.18 Å². The molecule has 0 spiro atoms. The topological polar surface area (TPSA) is 63.2 Å². The quantitative estimate of drug-likeness (QED) is 0.324. The van der Waals surface area contributed by atoms with E-state index in [2.05, 4.69) is 5.32 Å². The number of halogens is 3. The third kappa shape index (κ3) is 8.13. The fraction of sp³-hybridized carbons (Fsp3) is 0.323. The number of carbonyl (C=O) groups is 3. The third-order valence-electron chi connectivity index (χ3n) is 6.58. The number of carbonyl (C=O) groups excluding carboxylic acids is 3. The zero-order valence-corrected chi connectivity index (χ0v) is 21.9. The Morgan fingerprint density at radius 2 is 1.55 bits per heavy atom. The molecular weight excluding hydrogens is 491 g/mol. The van der Waals surface area contributed by atoms with Gasteiger partial charge in [0, 0.05) is 31.9 Å². The summed E-state index contributed by atoms with van der Waals surface area (Å²) < 4.78 is 39.7. The number of Topliss-reactive ketones (excluding diaryl/α,β-unsaturated/α-hetero) is 2. The number of ketones is 2. The van der Waals surface area contributed by atoms with E-state index in [1.807, 2.05) is 43.3 Å². The second-order valence-corrected chi connectivity index (χ2v) is 9.62. The lowest BCUT2D eigenvalue weighted by Crippen LogP contribution is -2.17. The number of hydrogen-bond donors (Lipinski definition) is 1. The largest absolute Gasteiger partial charge is 0.416 e. The molecule has 0 radical (unpaired) electrons. The molecule has 0 saturated carbocycles. The van der Waals surface area contributed by atoms with Gasteiger partial charge in [-0.3, -0.25) is 9.59 Å². The predicted octanol–water partition coefficient (Wildman–Crippen LogP) is 6.23. The van der Waals surface area contributed by atoms with Crippen LogP contribution in [0.1, 0.15) is 69.1 Å². The van der Waals surface area contributed by atoms with Crippen molar-refractivity contribution in [3.05, 3.63) is 105 Å². The minimum absolute atomic E-state index is 0.0554. The molecule has 0 heterocycles. The lowest BCUT2D eigenvalue weighted by atomic mass is 9.93. The van der Waals surface area contributed by atoms with E-state index in [1.165, 1.54) is 13.0 Å². The van der Waals surface area contributed by atoms with E-state index in [1.54, 1.807) is 13.1 Å². The highest BCUT2D eigenvalue weighted by Gasteiger charge is 2.31. The summed E-state index contributed by atoms with van der Waals surface area (Å²) in [6.07, 6.45) is -2.73. The van der Waals surface area contributed by atoms with E-state index >= 15 is 0 Å². The molecule has 38 heavy (non-hydrogen) atoms. The van der Waals surface area contributed by atoms with Gasteiger partial charge < -0.3 is 10.1 Å². The second-order valence-electron chi connectivity index (χ2n) is 9.62. The maximum atomic E-state index is 13.2. The highest BCUT2D eigenvalue weighted by Crippen LogP contribution is 2.31. The van der Waals surface area contributed by atoms with Crippen molar-refractivity contribution >= 4 is 17.5 Å². The zero-order valence-electron chi connectivity index (χ0n) is 21.9. The molecule has 4 nitrogen and oxygen atoms in total. The normalized spacial score (nSPS) is 11.3. The Morgan fingerprint density at radius 1 is 0.816 bits per heavy atom. The number of alkyl halides is 3. The lowest BCUT2D eigenvalue weighted by Gasteiger charge is -2.13. The van der Waals surface area contributed by atoms with E-state index < -0.39 is 11.7 Å². The Balaban J connectivity index is 1.66. The van der Waals surface area contributed by atoms with Crippen LogP contribution in [-0.4, -0.2) is 24.5 Å². The summed E-state index contributed by atoms with van der Waals surface area (Å²) in [6.45, 7) is 3.43. The molecule has 3 rings (SSSR count). The smallest absolute Gasteiger partial charge is 0.355 e. The molecule has 0 bridgehead atoms. The predicted molar refractivity (Wildman–Crippen MR) is 141 cm³/mol. The van der Waals surface area contributed by atoms with Gasteiger partial charge in [-0.1, -0.05) is 36.4 Å². The molecule has 0 unspecified atom stereocenters. The van der Waals surface area contributed by atoms with E-state index in [-0.39, 0.29) is 36.7 Å². The zero-order chi connectivity index (χ0) is 27.9. The average Bonchev–Trinajstić information content (AvgIpc) is 2.87. The Hall–Kier alpha value is -3.74. The summed E-state index contributed by atoms with van der Waals surface area (Å²) >= 11 is 0. The van der Waals surface area contributed by atoms with Gasteiger partial charge in [0.2, 0.25) is 0 Å². The van der Waals surface area contributed by atoms with Gasteiger partial charge in [-0.05, 0) is 90.8 Å². The van der Waals surface area contributed by atoms with Crippen LogP contribution in [-0.2, 0) is 41.4 Å². The van der Waals surface area contributed by atoms with Gasteiger partial charge in [0.25, 0.3) is 5.91 Å². The van der Waals surface area contributed by atoms with Crippen molar-refractivity contribution in [2.24, 2.45) is 0 Å². The Morgan fingerprint density at radius 3 is 2.21 bits per heavy atom. The van der Waals surface area contributed by atoms with Gasteiger partial charge in [-0.15, -0.1) is 0 Å². The maximum absolute atomic E-state index is 13.2. The fourth-order valence-corrected chi connectivity index (χ4v) is 4.40. The Bertz CT molecular complexity index is 1330. The third-order valence-corrected chi connectivity index (χ3v) is 6.58. The summed E-state index contributed by atoms with van der Waals surface area (Å²) in [5.74, 6) is -0.346. The van der Waals surface area contributed by atoms with Crippen molar-refractivity contribution in [2.45, 2.75) is 58.5 Å². The van der Waals surface area contributed by atoms with Crippen molar-refractivity contribution in [2.75, 3.05) is 7.05 Å². The number of aryl methyl sites for hydroxylation is 3. The molecule has 1 N–H and O–H groups in total. The van der Waals surface area contributed by atoms with Crippen molar-refractivity contribution in [3.63, 3.8) is 0 Å². The van der Waals surface area contributed by atoms with Crippen LogP contribution in [0, 0.1) is 6.92 Å². The van der Waals surface area contributed by atoms with Gasteiger partial charge in [-0.25, -0.2) is 0 Å². The first-order valence-electron chi connectivity index (χ1n) is 12.6. The molecule has 0 aliphatic heterocycles. The molecule has 0 atom stereocenters. The van der Waals surface area contributed by atoms with Crippen LogP contribution >= 0.6 is 0 Å². The first kappa shape index (κ1) is 28.8. The summed E-state index contributed by atoms with van der Waals surface area (Å²) in [5, 5.41) is 2.62. The molecule has 200 valence electrons. The maximum Gasteiger partial charge on any atom is 0.416 e. The van der Waals surface area contributed by atoms with Crippen molar-refractivity contribution in [1.82, 2.24) is 5.32 Å². The SMILES string of the molecule is CNC(=O)c1cccc(Cc2ccc(CCC(=O)Cc3cc(C(F)(F)F)ccc3CCC(C)=O)cc2C)c1. The summed E-state index contributed by atoms with van der Waals surface area (Å²) in [6, 6.07) is 16.9. The molecule has 3 aromatic rings. The molecule has 1 amide bonds. The highest BCUT2D eigenvalue weighted by atomic mass is 19.4. The van der Waals surface area contributed by atoms with Crippen LogP contribution in [0.2, 0.25) is 0 Å². The van der Waals surface area contributed by atoms with Crippen LogP contribution in [0.5, 0.6) is 0 Å². The Labute approximate surface area is 221 Å². The molecule has 0 aromatic heterocycles. The van der Waals surface area contributed by atoms with Gasteiger partial charge in [0.1, 0.15) is 11.6 Å². The lowest BCUT2D eigenvalue weighted by molar-refractivity contribution is -0.137. The van der Waals surface area contributed by atoms with Gasteiger partial charge in [0.05, 0.1) is 5.56 Å². The van der Waals surface area contributed by atoms with E-state index in [4.69, 9.17) is 0 Å².